The predicted molar refractivity (Wildman–Crippen MR) is 73.6 cm³/mol. The molecule has 0 heterocycles. The van der Waals surface area contributed by atoms with Gasteiger partial charge < -0.3 is 15.7 Å². The van der Waals surface area contributed by atoms with Crippen molar-refractivity contribution in [3.8, 4) is 0 Å². The Labute approximate surface area is 110 Å². The summed E-state index contributed by atoms with van der Waals surface area (Å²) in [5.74, 6) is 0. The van der Waals surface area contributed by atoms with Crippen molar-refractivity contribution in [2.45, 2.75) is 19.4 Å². The smallest absolute Gasteiger partial charge is 0.269 e. The molecule has 1 rings (SSSR count). The van der Waals surface area contributed by atoms with Gasteiger partial charge in [-0.1, -0.05) is 6.92 Å². The summed E-state index contributed by atoms with van der Waals surface area (Å²) in [7, 11) is 0. The first kappa shape index (κ1) is 14.3. The van der Waals surface area contributed by atoms with E-state index in [0.29, 0.717) is 10.8 Å². The highest BCUT2D eigenvalue weighted by atomic mass is 32.1. The van der Waals surface area contributed by atoms with Gasteiger partial charge in [0.15, 0.2) is 5.11 Å². The van der Waals surface area contributed by atoms with Crippen molar-refractivity contribution in [2.75, 3.05) is 11.9 Å². The molecule has 0 spiro atoms. The topological polar surface area (TPSA) is 87.4 Å². The van der Waals surface area contributed by atoms with Gasteiger partial charge >= 0.3 is 0 Å². The third kappa shape index (κ3) is 4.27. The molecule has 0 fully saturated rings. The second-order valence-electron chi connectivity index (χ2n) is 3.69. The predicted octanol–water partition coefficient (Wildman–Crippen LogP) is 1.65. The van der Waals surface area contributed by atoms with Gasteiger partial charge in [-0.05, 0) is 30.8 Å². The number of benzene rings is 1. The zero-order valence-electron chi connectivity index (χ0n) is 9.92. The highest BCUT2D eigenvalue weighted by Gasteiger charge is 2.07. The summed E-state index contributed by atoms with van der Waals surface area (Å²) >= 11 is 5.06. The van der Waals surface area contributed by atoms with Crippen LogP contribution in [-0.2, 0) is 0 Å². The van der Waals surface area contributed by atoms with Crippen LogP contribution in [0.2, 0.25) is 0 Å². The summed E-state index contributed by atoms with van der Waals surface area (Å²) in [4.78, 5) is 10.0. The largest absolute Gasteiger partial charge is 0.394 e. The van der Waals surface area contributed by atoms with Crippen LogP contribution < -0.4 is 10.6 Å². The van der Waals surface area contributed by atoms with Crippen molar-refractivity contribution in [2.24, 2.45) is 0 Å². The lowest BCUT2D eigenvalue weighted by atomic mass is 10.2. The zero-order chi connectivity index (χ0) is 13.5. The van der Waals surface area contributed by atoms with Gasteiger partial charge in [-0.3, -0.25) is 10.1 Å². The maximum Gasteiger partial charge on any atom is 0.269 e. The summed E-state index contributed by atoms with van der Waals surface area (Å²) in [6.45, 7) is 1.93. The van der Waals surface area contributed by atoms with Crippen LogP contribution in [0.5, 0.6) is 0 Å². The Bertz CT molecular complexity index is 418. The lowest BCUT2D eigenvalue weighted by Crippen LogP contribution is -2.39. The number of nitro groups is 1. The Morgan fingerprint density at radius 1 is 1.50 bits per heavy atom. The minimum absolute atomic E-state index is 0.00141. The molecule has 7 heteroatoms. The molecular formula is C11H15N3O3S. The number of aliphatic hydroxyl groups excluding tert-OH is 1. The van der Waals surface area contributed by atoms with Gasteiger partial charge in [0.25, 0.3) is 5.69 Å². The van der Waals surface area contributed by atoms with E-state index in [1.165, 1.54) is 12.1 Å². The second-order valence-corrected chi connectivity index (χ2v) is 4.10. The minimum Gasteiger partial charge on any atom is -0.394 e. The van der Waals surface area contributed by atoms with Crippen LogP contribution in [0, 0.1) is 10.1 Å². The number of hydrogen-bond acceptors (Lipinski definition) is 4. The van der Waals surface area contributed by atoms with E-state index in [2.05, 4.69) is 10.6 Å². The molecule has 0 aliphatic rings. The van der Waals surface area contributed by atoms with Crippen molar-refractivity contribution in [3.63, 3.8) is 0 Å². The number of hydrogen-bond donors (Lipinski definition) is 3. The molecule has 0 aromatic heterocycles. The van der Waals surface area contributed by atoms with Gasteiger partial charge in [-0.2, -0.15) is 0 Å². The number of anilines is 1. The van der Waals surface area contributed by atoms with Crippen LogP contribution in [0.15, 0.2) is 24.3 Å². The fraction of sp³-hybridized carbons (Fsp3) is 0.364. The van der Waals surface area contributed by atoms with Gasteiger partial charge in [-0.25, -0.2) is 0 Å². The average molecular weight is 269 g/mol. The van der Waals surface area contributed by atoms with Gasteiger partial charge in [0.2, 0.25) is 0 Å². The number of thiocarbonyl (C=S) groups is 1. The highest BCUT2D eigenvalue weighted by Crippen LogP contribution is 2.15. The van der Waals surface area contributed by atoms with E-state index >= 15 is 0 Å². The summed E-state index contributed by atoms with van der Waals surface area (Å²) in [5.41, 5.74) is 0.687. The normalized spacial score (nSPS) is 11.7. The van der Waals surface area contributed by atoms with Gasteiger partial charge in [0.1, 0.15) is 0 Å². The second kappa shape index (κ2) is 6.87. The summed E-state index contributed by atoms with van der Waals surface area (Å²) in [6.07, 6.45) is 0.749. The van der Waals surface area contributed by atoms with Gasteiger partial charge in [-0.15, -0.1) is 0 Å². The van der Waals surface area contributed by atoms with Crippen LogP contribution >= 0.6 is 12.2 Å². The molecule has 98 valence electrons. The number of non-ortho nitro benzene ring substituents is 1. The standard InChI is InChI=1S/C11H15N3O3S/c1-2-8(7-15)12-11(18)13-9-3-5-10(6-4-9)14(16)17/h3-6,8,15H,2,7H2,1H3,(H2,12,13,18)/t8-/m1/s1. The monoisotopic (exact) mass is 269 g/mol. The van der Waals surface area contributed by atoms with E-state index in [9.17, 15) is 10.1 Å². The molecule has 0 amide bonds. The van der Waals surface area contributed by atoms with E-state index < -0.39 is 4.92 Å². The van der Waals surface area contributed by atoms with E-state index in [0.717, 1.165) is 6.42 Å². The molecule has 0 aliphatic heterocycles. The molecule has 1 atom stereocenters. The third-order valence-corrected chi connectivity index (χ3v) is 2.60. The number of rotatable bonds is 5. The molecule has 1 aromatic carbocycles. The summed E-state index contributed by atoms with van der Waals surface area (Å²) in [6, 6.07) is 5.85. The number of nitrogens with one attached hydrogen (secondary N) is 2. The van der Waals surface area contributed by atoms with Crippen LogP contribution in [0.3, 0.4) is 0 Å². The van der Waals surface area contributed by atoms with Crippen molar-refractivity contribution >= 4 is 28.7 Å². The van der Waals surface area contributed by atoms with Crippen LogP contribution in [0.1, 0.15) is 13.3 Å². The molecular weight excluding hydrogens is 254 g/mol. The first-order valence-corrected chi connectivity index (χ1v) is 5.90. The number of aliphatic hydroxyl groups is 1. The average Bonchev–Trinajstić information content (AvgIpc) is 2.36. The molecule has 18 heavy (non-hydrogen) atoms. The zero-order valence-corrected chi connectivity index (χ0v) is 10.7. The fourth-order valence-electron chi connectivity index (χ4n) is 1.30. The molecule has 0 saturated carbocycles. The Balaban J connectivity index is 2.56. The Morgan fingerprint density at radius 2 is 2.11 bits per heavy atom. The maximum absolute atomic E-state index is 10.5. The Morgan fingerprint density at radius 3 is 2.56 bits per heavy atom. The van der Waals surface area contributed by atoms with Crippen molar-refractivity contribution < 1.29 is 10.0 Å². The molecule has 3 N–H and O–H groups in total. The van der Waals surface area contributed by atoms with Crippen molar-refractivity contribution in [3.05, 3.63) is 34.4 Å². The molecule has 0 unspecified atom stereocenters. The maximum atomic E-state index is 10.5. The Kier molecular flexibility index (Phi) is 5.47. The molecule has 0 bridgehead atoms. The first-order chi connectivity index (χ1) is 8.56. The van der Waals surface area contributed by atoms with E-state index in [-0.39, 0.29) is 18.3 Å². The Hall–Kier alpha value is -1.73. The lowest BCUT2D eigenvalue weighted by Gasteiger charge is -2.17. The van der Waals surface area contributed by atoms with E-state index in [1.54, 1.807) is 12.1 Å². The minimum atomic E-state index is -0.459. The molecule has 6 nitrogen and oxygen atoms in total. The molecule has 0 radical (unpaired) electrons. The van der Waals surface area contributed by atoms with Gasteiger partial charge in [0, 0.05) is 17.8 Å². The summed E-state index contributed by atoms with van der Waals surface area (Å²) in [5, 5.41) is 25.7. The van der Waals surface area contributed by atoms with E-state index in [4.69, 9.17) is 17.3 Å². The lowest BCUT2D eigenvalue weighted by molar-refractivity contribution is -0.384. The van der Waals surface area contributed by atoms with Gasteiger partial charge in [0.05, 0.1) is 17.6 Å². The molecule has 1 aromatic rings. The fourth-order valence-corrected chi connectivity index (χ4v) is 1.58. The quantitative estimate of drug-likeness (QED) is 0.428. The highest BCUT2D eigenvalue weighted by molar-refractivity contribution is 7.80. The van der Waals surface area contributed by atoms with Crippen molar-refractivity contribution in [1.29, 1.82) is 0 Å². The third-order valence-electron chi connectivity index (χ3n) is 2.38. The van der Waals surface area contributed by atoms with Crippen molar-refractivity contribution in [1.82, 2.24) is 5.32 Å². The van der Waals surface area contributed by atoms with Crippen LogP contribution in [0.25, 0.3) is 0 Å². The molecule has 0 aliphatic carbocycles. The van der Waals surface area contributed by atoms with E-state index in [1.807, 2.05) is 6.92 Å². The number of nitro benzene ring substituents is 1. The SMILES string of the molecule is CC[C@H](CO)NC(=S)Nc1ccc([N+](=O)[O-])cc1. The van der Waals surface area contributed by atoms with Crippen LogP contribution in [0.4, 0.5) is 11.4 Å². The van der Waals surface area contributed by atoms with Crippen LogP contribution in [-0.4, -0.2) is 27.8 Å². The molecule has 0 saturated heterocycles. The first-order valence-electron chi connectivity index (χ1n) is 5.49. The summed E-state index contributed by atoms with van der Waals surface area (Å²) < 4.78 is 0. The number of nitrogens with zero attached hydrogens (tertiary/aromatic N) is 1.